The molecule has 1 aliphatic heterocycles. The minimum Gasteiger partial charge on any atom is -0.507 e. The van der Waals surface area contributed by atoms with Crippen LogP contribution in [0.15, 0.2) is 78.4 Å². The molecule has 0 saturated carbocycles. The number of carboxylic acid groups (broad SMARTS) is 1. The first-order valence-electron chi connectivity index (χ1n) is 10.7. The van der Waals surface area contributed by atoms with E-state index in [2.05, 4.69) is 0 Å². The number of nitrogens with zero attached hydrogens (tertiary/aromatic N) is 1. The van der Waals surface area contributed by atoms with Gasteiger partial charge in [0.15, 0.2) is 0 Å². The molecule has 1 heterocycles. The first-order valence-corrected chi connectivity index (χ1v) is 10.7. The quantitative estimate of drug-likeness (QED) is 0.303. The van der Waals surface area contributed by atoms with E-state index >= 15 is 0 Å². The van der Waals surface area contributed by atoms with Crippen molar-refractivity contribution >= 4 is 23.4 Å². The van der Waals surface area contributed by atoms with Crippen molar-refractivity contribution in [2.24, 2.45) is 0 Å². The number of carbonyl (C=O) groups excluding carboxylic acids is 2. The van der Waals surface area contributed by atoms with Gasteiger partial charge < -0.3 is 24.6 Å². The topological polar surface area (TPSA) is 113 Å². The van der Waals surface area contributed by atoms with Gasteiger partial charge in [0.2, 0.25) is 0 Å². The van der Waals surface area contributed by atoms with E-state index in [0.29, 0.717) is 28.2 Å². The summed E-state index contributed by atoms with van der Waals surface area (Å²) in [4.78, 5) is 38.8. The molecule has 3 aromatic rings. The third-order valence-corrected chi connectivity index (χ3v) is 5.89. The summed E-state index contributed by atoms with van der Waals surface area (Å²) in [7, 11) is 3.05. The second-order valence-electron chi connectivity index (χ2n) is 7.93. The Balaban J connectivity index is 1.80. The second kappa shape index (κ2) is 9.72. The van der Waals surface area contributed by atoms with Gasteiger partial charge in [-0.3, -0.25) is 9.59 Å². The fraction of sp³-hybridized carbons (Fsp3) is 0.148. The van der Waals surface area contributed by atoms with Crippen molar-refractivity contribution in [2.45, 2.75) is 12.6 Å². The lowest BCUT2D eigenvalue weighted by molar-refractivity contribution is -0.140. The van der Waals surface area contributed by atoms with Gasteiger partial charge in [-0.15, -0.1) is 0 Å². The number of methoxy groups -OCH3 is 2. The van der Waals surface area contributed by atoms with E-state index < -0.39 is 23.7 Å². The highest BCUT2D eigenvalue weighted by molar-refractivity contribution is 6.46. The van der Waals surface area contributed by atoms with Crippen molar-refractivity contribution in [3.63, 3.8) is 0 Å². The minimum atomic E-state index is -1.06. The molecule has 1 fully saturated rings. The highest BCUT2D eigenvalue weighted by Gasteiger charge is 2.46. The predicted octanol–water partition coefficient (Wildman–Crippen LogP) is 4.02. The average molecular weight is 473 g/mol. The number of aliphatic hydroxyl groups is 1. The third-order valence-electron chi connectivity index (χ3n) is 5.89. The Morgan fingerprint density at radius 2 is 1.31 bits per heavy atom. The number of likely N-dealkylation sites (tertiary alicyclic amines) is 1. The summed E-state index contributed by atoms with van der Waals surface area (Å²) in [5.74, 6) is -1.74. The number of hydrogen-bond acceptors (Lipinski definition) is 6. The molecule has 0 radical (unpaired) electrons. The molecule has 0 aromatic heterocycles. The van der Waals surface area contributed by atoms with Crippen LogP contribution in [0.25, 0.3) is 5.76 Å². The maximum Gasteiger partial charge on any atom is 0.335 e. The number of aromatic carboxylic acids is 1. The van der Waals surface area contributed by atoms with Crippen molar-refractivity contribution in [3.05, 3.63) is 101 Å². The highest BCUT2D eigenvalue weighted by atomic mass is 16.5. The number of rotatable bonds is 7. The number of ketones is 1. The summed E-state index contributed by atoms with van der Waals surface area (Å²) in [5, 5.41) is 20.3. The van der Waals surface area contributed by atoms with Crippen LogP contribution in [0, 0.1) is 0 Å². The van der Waals surface area contributed by atoms with Crippen LogP contribution < -0.4 is 9.47 Å². The molecular formula is C27H23NO7. The molecule has 0 spiro atoms. The van der Waals surface area contributed by atoms with Crippen LogP contribution in [0.4, 0.5) is 0 Å². The molecular weight excluding hydrogens is 450 g/mol. The summed E-state index contributed by atoms with van der Waals surface area (Å²) in [6.07, 6.45) is 0. The van der Waals surface area contributed by atoms with Gasteiger partial charge >= 0.3 is 5.97 Å². The van der Waals surface area contributed by atoms with Crippen molar-refractivity contribution in [1.82, 2.24) is 4.90 Å². The number of amides is 1. The van der Waals surface area contributed by atoms with Crippen LogP contribution in [-0.2, 0) is 16.1 Å². The number of carboxylic acids is 1. The van der Waals surface area contributed by atoms with E-state index in [0.717, 1.165) is 0 Å². The molecule has 0 bridgehead atoms. The number of ether oxygens (including phenoxy) is 2. The molecule has 8 heteroatoms. The highest BCUT2D eigenvalue weighted by Crippen LogP contribution is 2.40. The number of benzene rings is 3. The predicted molar refractivity (Wildman–Crippen MR) is 127 cm³/mol. The molecule has 1 atom stereocenters. The Kier molecular flexibility index (Phi) is 6.55. The van der Waals surface area contributed by atoms with Crippen molar-refractivity contribution in [2.75, 3.05) is 14.2 Å². The fourth-order valence-corrected chi connectivity index (χ4v) is 4.03. The molecule has 1 aliphatic rings. The van der Waals surface area contributed by atoms with Crippen LogP contribution in [0.1, 0.15) is 33.1 Å². The molecule has 8 nitrogen and oxygen atoms in total. The molecule has 1 unspecified atom stereocenters. The SMILES string of the molecule is COc1ccc(/C(O)=C2\C(=O)C(=O)N(Cc3ccc(C(=O)O)cc3)C2c2ccc(OC)cc2)cc1. The Bertz CT molecular complexity index is 1290. The summed E-state index contributed by atoms with van der Waals surface area (Å²) < 4.78 is 10.4. The smallest absolute Gasteiger partial charge is 0.335 e. The van der Waals surface area contributed by atoms with E-state index in [1.807, 2.05) is 0 Å². The molecule has 4 rings (SSSR count). The number of carbonyl (C=O) groups is 3. The van der Waals surface area contributed by atoms with E-state index in [1.54, 1.807) is 60.7 Å². The standard InChI is InChI=1S/C27H23NO7/c1-34-20-11-7-17(8-12-20)23-22(24(29)18-9-13-21(35-2)14-10-18)25(30)26(31)28(23)15-16-3-5-19(6-4-16)27(32)33/h3-14,23,29H,15H2,1-2H3,(H,32,33)/b24-22+. The summed E-state index contributed by atoms with van der Waals surface area (Å²) >= 11 is 0. The van der Waals surface area contributed by atoms with Crippen LogP contribution in [0.3, 0.4) is 0 Å². The molecule has 178 valence electrons. The summed E-state index contributed by atoms with van der Waals surface area (Å²) in [5.41, 5.74) is 1.70. The van der Waals surface area contributed by atoms with Crippen molar-refractivity contribution in [3.8, 4) is 11.5 Å². The average Bonchev–Trinajstić information content (AvgIpc) is 3.13. The van der Waals surface area contributed by atoms with Crippen molar-refractivity contribution in [1.29, 1.82) is 0 Å². The molecule has 35 heavy (non-hydrogen) atoms. The van der Waals surface area contributed by atoms with Gasteiger partial charge in [0, 0.05) is 12.1 Å². The van der Waals surface area contributed by atoms with Crippen molar-refractivity contribution < 1.29 is 34.1 Å². The van der Waals surface area contributed by atoms with Crippen LogP contribution in [0.2, 0.25) is 0 Å². The zero-order chi connectivity index (χ0) is 25.1. The molecule has 2 N–H and O–H groups in total. The number of aliphatic hydroxyl groups excluding tert-OH is 1. The van der Waals surface area contributed by atoms with Gasteiger partial charge in [-0.1, -0.05) is 24.3 Å². The summed E-state index contributed by atoms with van der Waals surface area (Å²) in [6.45, 7) is 0.0422. The molecule has 0 aliphatic carbocycles. The maximum atomic E-state index is 13.2. The Morgan fingerprint density at radius 1 is 0.800 bits per heavy atom. The normalized spacial score (nSPS) is 16.9. The van der Waals surface area contributed by atoms with Gasteiger partial charge in [-0.05, 0) is 59.7 Å². The van der Waals surface area contributed by atoms with Gasteiger partial charge in [-0.2, -0.15) is 0 Å². The molecule has 3 aromatic carbocycles. The van der Waals surface area contributed by atoms with Crippen LogP contribution in [0.5, 0.6) is 11.5 Å². The van der Waals surface area contributed by atoms with E-state index in [4.69, 9.17) is 14.6 Å². The fourth-order valence-electron chi connectivity index (χ4n) is 4.03. The lowest BCUT2D eigenvalue weighted by atomic mass is 9.95. The minimum absolute atomic E-state index is 0.0347. The van der Waals surface area contributed by atoms with E-state index in [1.165, 1.54) is 31.3 Å². The monoisotopic (exact) mass is 473 g/mol. The van der Waals surface area contributed by atoms with Gasteiger partial charge in [0.05, 0.1) is 31.4 Å². The van der Waals surface area contributed by atoms with Gasteiger partial charge in [0.25, 0.3) is 11.7 Å². The second-order valence-corrected chi connectivity index (χ2v) is 7.93. The Labute approximate surface area is 201 Å². The van der Waals surface area contributed by atoms with Gasteiger partial charge in [0.1, 0.15) is 17.3 Å². The maximum absolute atomic E-state index is 13.2. The lowest BCUT2D eigenvalue weighted by Gasteiger charge is -2.25. The van der Waals surface area contributed by atoms with E-state index in [-0.39, 0.29) is 23.4 Å². The van der Waals surface area contributed by atoms with Crippen LogP contribution in [-0.4, -0.2) is 47.0 Å². The largest absolute Gasteiger partial charge is 0.507 e. The molecule has 1 amide bonds. The zero-order valence-electron chi connectivity index (χ0n) is 19.1. The zero-order valence-corrected chi connectivity index (χ0v) is 19.1. The Morgan fingerprint density at radius 3 is 1.83 bits per heavy atom. The number of hydrogen-bond donors (Lipinski definition) is 2. The first-order chi connectivity index (χ1) is 16.8. The first kappa shape index (κ1) is 23.6. The Hall–Kier alpha value is -4.59. The summed E-state index contributed by atoms with van der Waals surface area (Å²) in [6, 6.07) is 18.6. The molecule has 1 saturated heterocycles. The van der Waals surface area contributed by atoms with Crippen LogP contribution >= 0.6 is 0 Å². The van der Waals surface area contributed by atoms with Gasteiger partial charge in [-0.25, -0.2) is 4.79 Å². The van der Waals surface area contributed by atoms with E-state index in [9.17, 15) is 19.5 Å². The third kappa shape index (κ3) is 4.59. The lowest BCUT2D eigenvalue weighted by Crippen LogP contribution is -2.29. The number of Topliss-reactive ketones (excluding diaryl/α,β-unsaturated/α-hetero) is 1.